The number of aryl methyl sites for hydroxylation is 2. The van der Waals surface area contributed by atoms with Crippen molar-refractivity contribution in [1.82, 2.24) is 0 Å². The van der Waals surface area contributed by atoms with Gasteiger partial charge in [0.25, 0.3) is 0 Å². The summed E-state index contributed by atoms with van der Waals surface area (Å²) in [6.07, 6.45) is 1.66. The van der Waals surface area contributed by atoms with Crippen molar-refractivity contribution in [3.05, 3.63) is 34.9 Å². The topological polar surface area (TPSA) is 20.2 Å². The smallest absolute Gasteiger partial charge is 0.0792 e. The van der Waals surface area contributed by atoms with Gasteiger partial charge in [0.05, 0.1) is 6.10 Å². The van der Waals surface area contributed by atoms with Crippen LogP contribution < -0.4 is 0 Å². The molecule has 1 rings (SSSR count). The zero-order chi connectivity index (χ0) is 13.9. The van der Waals surface area contributed by atoms with Crippen LogP contribution in [0.3, 0.4) is 0 Å². The first kappa shape index (κ1) is 15.2. The van der Waals surface area contributed by atoms with Gasteiger partial charge in [0.15, 0.2) is 0 Å². The maximum atomic E-state index is 10.3. The van der Waals surface area contributed by atoms with Gasteiger partial charge in [-0.25, -0.2) is 0 Å². The average Bonchev–Trinajstić information content (AvgIpc) is 2.12. The highest BCUT2D eigenvalue weighted by atomic mass is 16.3. The van der Waals surface area contributed by atoms with Crippen molar-refractivity contribution in [3.8, 4) is 0 Å². The number of aliphatic hydroxyl groups is 1. The van der Waals surface area contributed by atoms with Crippen LogP contribution in [0.5, 0.6) is 0 Å². The molecule has 18 heavy (non-hydrogen) atoms. The van der Waals surface area contributed by atoms with E-state index in [1.807, 2.05) is 0 Å². The third kappa shape index (κ3) is 5.22. The molecule has 1 N–H and O–H groups in total. The summed E-state index contributed by atoms with van der Waals surface area (Å²) in [4.78, 5) is 0. The van der Waals surface area contributed by atoms with Gasteiger partial charge in [-0.1, -0.05) is 57.0 Å². The number of hydrogen-bond acceptors (Lipinski definition) is 1. The fourth-order valence-electron chi connectivity index (χ4n) is 2.85. The highest BCUT2D eigenvalue weighted by Gasteiger charge is 2.19. The number of rotatable bonds is 4. The molecule has 0 aliphatic carbocycles. The van der Waals surface area contributed by atoms with Crippen LogP contribution in [0.25, 0.3) is 0 Å². The fraction of sp³-hybridized carbons (Fsp3) is 0.647. The van der Waals surface area contributed by atoms with Crippen LogP contribution in [0, 0.1) is 25.2 Å². The molecular formula is C17H28O. The van der Waals surface area contributed by atoms with Crippen LogP contribution in [0.2, 0.25) is 0 Å². The third-order valence-electron chi connectivity index (χ3n) is 3.22. The summed E-state index contributed by atoms with van der Waals surface area (Å²) >= 11 is 0. The fourth-order valence-corrected chi connectivity index (χ4v) is 2.85. The Kier molecular flexibility index (Phi) is 4.98. The lowest BCUT2D eigenvalue weighted by Gasteiger charge is -2.25. The van der Waals surface area contributed by atoms with E-state index in [0.717, 1.165) is 18.4 Å². The van der Waals surface area contributed by atoms with Gasteiger partial charge in [0.2, 0.25) is 0 Å². The van der Waals surface area contributed by atoms with Crippen molar-refractivity contribution in [2.24, 2.45) is 11.3 Å². The molecule has 0 aromatic heterocycles. The van der Waals surface area contributed by atoms with E-state index in [1.54, 1.807) is 0 Å². The van der Waals surface area contributed by atoms with E-state index in [-0.39, 0.29) is 6.10 Å². The Morgan fingerprint density at radius 3 is 2.00 bits per heavy atom. The standard InChI is InChI=1S/C17H28O/c1-12-7-13(2)9-15(8-12)16(18)10-14(3)11-17(4,5)6/h7-9,14,16,18H,10-11H2,1-6H3. The van der Waals surface area contributed by atoms with Gasteiger partial charge >= 0.3 is 0 Å². The lowest BCUT2D eigenvalue weighted by molar-refractivity contribution is 0.134. The zero-order valence-electron chi connectivity index (χ0n) is 12.7. The number of hydrogen-bond donors (Lipinski definition) is 1. The van der Waals surface area contributed by atoms with Crippen molar-refractivity contribution in [2.75, 3.05) is 0 Å². The summed E-state index contributed by atoms with van der Waals surface area (Å²) in [6, 6.07) is 6.34. The molecule has 0 fully saturated rings. The second-order valence-electron chi connectivity index (χ2n) is 7.04. The summed E-state index contributed by atoms with van der Waals surface area (Å²) in [5.74, 6) is 0.542. The molecule has 0 amide bonds. The van der Waals surface area contributed by atoms with Gasteiger partial charge in [-0.3, -0.25) is 0 Å². The molecule has 0 aliphatic heterocycles. The maximum absolute atomic E-state index is 10.3. The minimum absolute atomic E-state index is 0.332. The van der Waals surface area contributed by atoms with Crippen LogP contribution in [0.1, 0.15) is 63.3 Å². The van der Waals surface area contributed by atoms with E-state index in [2.05, 4.69) is 59.7 Å². The second kappa shape index (κ2) is 5.88. The molecule has 1 heteroatoms. The maximum Gasteiger partial charge on any atom is 0.0792 e. The summed E-state index contributed by atoms with van der Waals surface area (Å²) < 4.78 is 0. The van der Waals surface area contributed by atoms with Crippen molar-refractivity contribution in [3.63, 3.8) is 0 Å². The lowest BCUT2D eigenvalue weighted by atomic mass is 9.82. The Labute approximate surface area is 112 Å². The minimum Gasteiger partial charge on any atom is -0.388 e. The first-order valence-corrected chi connectivity index (χ1v) is 6.93. The largest absolute Gasteiger partial charge is 0.388 e. The van der Waals surface area contributed by atoms with Gasteiger partial charge in [0, 0.05) is 0 Å². The quantitative estimate of drug-likeness (QED) is 0.811. The number of benzene rings is 1. The zero-order valence-corrected chi connectivity index (χ0v) is 12.7. The summed E-state index contributed by atoms with van der Waals surface area (Å²) in [6.45, 7) is 13.2. The van der Waals surface area contributed by atoms with E-state index in [0.29, 0.717) is 11.3 Å². The highest BCUT2D eigenvalue weighted by Crippen LogP contribution is 2.30. The van der Waals surface area contributed by atoms with Crippen LogP contribution in [-0.4, -0.2) is 5.11 Å². The van der Waals surface area contributed by atoms with Gasteiger partial charge < -0.3 is 5.11 Å². The van der Waals surface area contributed by atoms with Crippen molar-refractivity contribution in [2.45, 2.75) is 60.5 Å². The molecule has 0 radical (unpaired) electrons. The molecule has 0 saturated heterocycles. The van der Waals surface area contributed by atoms with E-state index in [4.69, 9.17) is 0 Å². The predicted octanol–water partition coefficient (Wildman–Crippen LogP) is 4.80. The van der Waals surface area contributed by atoms with Gasteiger partial charge in [0.1, 0.15) is 0 Å². The van der Waals surface area contributed by atoms with E-state index >= 15 is 0 Å². The van der Waals surface area contributed by atoms with E-state index < -0.39 is 0 Å². The van der Waals surface area contributed by atoms with Crippen molar-refractivity contribution >= 4 is 0 Å². The lowest BCUT2D eigenvalue weighted by Crippen LogP contribution is -2.13. The van der Waals surface area contributed by atoms with Gasteiger partial charge in [-0.2, -0.15) is 0 Å². The Hall–Kier alpha value is -0.820. The van der Waals surface area contributed by atoms with E-state index in [1.165, 1.54) is 11.1 Å². The van der Waals surface area contributed by atoms with Crippen LogP contribution >= 0.6 is 0 Å². The molecule has 2 unspecified atom stereocenters. The molecule has 1 aromatic carbocycles. The summed E-state index contributed by atoms with van der Waals surface area (Å²) in [5, 5.41) is 10.3. The third-order valence-corrected chi connectivity index (χ3v) is 3.22. The highest BCUT2D eigenvalue weighted by molar-refractivity contribution is 5.29. The number of aliphatic hydroxyl groups excluding tert-OH is 1. The summed E-state index contributed by atoms with van der Waals surface area (Å²) in [5.41, 5.74) is 3.86. The minimum atomic E-state index is -0.332. The van der Waals surface area contributed by atoms with Crippen molar-refractivity contribution < 1.29 is 5.11 Å². The van der Waals surface area contributed by atoms with Gasteiger partial charge in [-0.05, 0) is 43.6 Å². The van der Waals surface area contributed by atoms with Crippen LogP contribution in [-0.2, 0) is 0 Å². The molecular weight excluding hydrogens is 220 g/mol. The van der Waals surface area contributed by atoms with E-state index in [9.17, 15) is 5.11 Å². The average molecular weight is 248 g/mol. The molecule has 0 saturated carbocycles. The molecule has 0 heterocycles. The van der Waals surface area contributed by atoms with Crippen LogP contribution in [0.15, 0.2) is 18.2 Å². The molecule has 102 valence electrons. The second-order valence-corrected chi connectivity index (χ2v) is 7.04. The molecule has 1 aromatic rings. The molecule has 0 spiro atoms. The Balaban J connectivity index is 2.67. The predicted molar refractivity (Wildman–Crippen MR) is 78.7 cm³/mol. The van der Waals surface area contributed by atoms with Crippen LogP contribution in [0.4, 0.5) is 0 Å². The Morgan fingerprint density at radius 1 is 1.06 bits per heavy atom. The molecule has 2 atom stereocenters. The first-order chi connectivity index (χ1) is 8.17. The Bertz CT molecular complexity index is 367. The van der Waals surface area contributed by atoms with Crippen molar-refractivity contribution in [1.29, 1.82) is 0 Å². The molecule has 1 nitrogen and oxygen atoms in total. The molecule has 0 aliphatic rings. The van der Waals surface area contributed by atoms with Gasteiger partial charge in [-0.15, -0.1) is 0 Å². The monoisotopic (exact) mass is 248 g/mol. The first-order valence-electron chi connectivity index (χ1n) is 6.93. The normalized spacial score (nSPS) is 15.5. The summed E-state index contributed by atoms with van der Waals surface area (Å²) in [7, 11) is 0. The SMILES string of the molecule is Cc1cc(C)cc(C(O)CC(C)CC(C)(C)C)c1. The Morgan fingerprint density at radius 2 is 1.56 bits per heavy atom. The molecule has 0 bridgehead atoms.